The van der Waals surface area contributed by atoms with Crippen LogP contribution in [-0.4, -0.2) is 25.1 Å². The Morgan fingerprint density at radius 1 is 1.00 bits per heavy atom. The molecule has 2 aromatic carbocycles. The predicted molar refractivity (Wildman–Crippen MR) is 112 cm³/mol. The molecule has 0 unspecified atom stereocenters. The summed E-state index contributed by atoms with van der Waals surface area (Å²) >= 11 is 0. The van der Waals surface area contributed by atoms with Gasteiger partial charge in [0, 0.05) is 25.3 Å². The number of hydrogen-bond donors (Lipinski definition) is 1. The van der Waals surface area contributed by atoms with Crippen LogP contribution in [0.2, 0.25) is 0 Å². The maximum absolute atomic E-state index is 12.5. The minimum atomic E-state index is -0.485. The van der Waals surface area contributed by atoms with Crippen molar-refractivity contribution < 1.29 is 9.53 Å². The summed E-state index contributed by atoms with van der Waals surface area (Å²) in [5.74, 6) is 0.669. The van der Waals surface area contributed by atoms with Gasteiger partial charge in [-0.25, -0.2) is 0 Å². The highest BCUT2D eigenvalue weighted by molar-refractivity contribution is 5.81. The summed E-state index contributed by atoms with van der Waals surface area (Å²) in [5, 5.41) is 3.00. The van der Waals surface area contributed by atoms with Crippen LogP contribution in [0.15, 0.2) is 42.5 Å². The van der Waals surface area contributed by atoms with Crippen molar-refractivity contribution in [1.82, 2.24) is 5.32 Å². The average molecular weight is 369 g/mol. The number of rotatable bonds is 9. The van der Waals surface area contributed by atoms with Gasteiger partial charge in [-0.1, -0.05) is 25.1 Å². The van der Waals surface area contributed by atoms with Crippen LogP contribution in [0.4, 0.5) is 5.69 Å². The molecule has 1 amide bonds. The Morgan fingerprint density at radius 3 is 2.11 bits per heavy atom. The van der Waals surface area contributed by atoms with Crippen LogP contribution < -0.4 is 15.0 Å². The Balaban J connectivity index is 1.94. The van der Waals surface area contributed by atoms with Gasteiger partial charge in [-0.3, -0.25) is 4.79 Å². The summed E-state index contributed by atoms with van der Waals surface area (Å²) in [6.45, 7) is 12.8. The molecule has 0 bridgehead atoms. The fraction of sp³-hybridized carbons (Fsp3) is 0.435. The summed E-state index contributed by atoms with van der Waals surface area (Å²) in [7, 11) is 0. The van der Waals surface area contributed by atoms with Crippen molar-refractivity contribution in [3.63, 3.8) is 0 Å². The van der Waals surface area contributed by atoms with Gasteiger partial charge in [0.25, 0.3) is 5.91 Å². The molecule has 0 saturated carbocycles. The van der Waals surface area contributed by atoms with Gasteiger partial charge in [-0.15, -0.1) is 0 Å². The van der Waals surface area contributed by atoms with E-state index in [-0.39, 0.29) is 5.91 Å². The molecule has 0 saturated heterocycles. The number of aryl methyl sites for hydroxylation is 2. The number of ether oxygens (including phenoxy) is 1. The predicted octanol–water partition coefficient (Wildman–Crippen LogP) is 4.62. The lowest BCUT2D eigenvalue weighted by atomic mass is 10.1. The number of nitrogens with zero attached hydrogens (tertiary/aromatic N) is 1. The lowest BCUT2D eigenvalue weighted by Gasteiger charge is -2.21. The first-order valence-electron chi connectivity index (χ1n) is 9.83. The minimum Gasteiger partial charge on any atom is -0.481 e. The van der Waals surface area contributed by atoms with Crippen LogP contribution in [0.5, 0.6) is 5.75 Å². The van der Waals surface area contributed by atoms with Crippen LogP contribution in [0.1, 0.15) is 43.9 Å². The normalized spacial score (nSPS) is 11.7. The average Bonchev–Trinajstić information content (AvgIpc) is 2.65. The maximum atomic E-state index is 12.5. The molecule has 0 aliphatic carbocycles. The van der Waals surface area contributed by atoms with Gasteiger partial charge >= 0.3 is 0 Å². The summed E-state index contributed by atoms with van der Waals surface area (Å²) in [6, 6.07) is 14.4. The van der Waals surface area contributed by atoms with E-state index in [4.69, 9.17) is 4.74 Å². The Kier molecular flexibility index (Phi) is 7.71. The van der Waals surface area contributed by atoms with E-state index in [1.807, 2.05) is 32.9 Å². The van der Waals surface area contributed by atoms with E-state index in [9.17, 15) is 4.79 Å². The van der Waals surface area contributed by atoms with Gasteiger partial charge in [0.1, 0.15) is 5.75 Å². The highest BCUT2D eigenvalue weighted by Gasteiger charge is 2.18. The van der Waals surface area contributed by atoms with Crippen molar-refractivity contribution in [1.29, 1.82) is 0 Å². The third-order valence-electron chi connectivity index (χ3n) is 4.67. The first-order valence-corrected chi connectivity index (χ1v) is 9.83. The number of anilines is 1. The monoisotopic (exact) mass is 368 g/mol. The fourth-order valence-corrected chi connectivity index (χ4v) is 3.20. The Hall–Kier alpha value is -2.49. The molecule has 2 rings (SSSR count). The number of hydrogen-bond acceptors (Lipinski definition) is 3. The topological polar surface area (TPSA) is 41.6 Å². The second-order valence-corrected chi connectivity index (χ2v) is 6.89. The minimum absolute atomic E-state index is 0.0792. The first kappa shape index (κ1) is 20.8. The van der Waals surface area contributed by atoms with Crippen molar-refractivity contribution in [3.05, 3.63) is 59.2 Å². The van der Waals surface area contributed by atoms with E-state index in [0.717, 1.165) is 35.5 Å². The van der Waals surface area contributed by atoms with E-state index in [2.05, 4.69) is 54.4 Å². The van der Waals surface area contributed by atoms with Crippen LogP contribution in [0, 0.1) is 13.8 Å². The zero-order chi connectivity index (χ0) is 19.8. The number of amides is 1. The Labute approximate surface area is 163 Å². The molecule has 2 aromatic rings. The molecule has 0 aliphatic heterocycles. The van der Waals surface area contributed by atoms with Gasteiger partial charge in [-0.2, -0.15) is 0 Å². The second-order valence-electron chi connectivity index (χ2n) is 6.89. The van der Waals surface area contributed by atoms with Crippen LogP contribution >= 0.6 is 0 Å². The van der Waals surface area contributed by atoms with Crippen molar-refractivity contribution >= 4 is 11.6 Å². The number of carbonyl (C=O) groups is 1. The molecular formula is C23H32N2O2. The lowest BCUT2D eigenvalue weighted by Crippen LogP contribution is -2.37. The van der Waals surface area contributed by atoms with Gasteiger partial charge in [0.15, 0.2) is 6.10 Å². The third-order valence-corrected chi connectivity index (χ3v) is 4.67. The third kappa shape index (κ3) is 6.02. The molecule has 4 nitrogen and oxygen atoms in total. The highest BCUT2D eigenvalue weighted by atomic mass is 16.5. The summed E-state index contributed by atoms with van der Waals surface area (Å²) < 4.78 is 5.94. The van der Waals surface area contributed by atoms with Gasteiger partial charge < -0.3 is 15.0 Å². The molecular weight excluding hydrogens is 336 g/mol. The van der Waals surface area contributed by atoms with Crippen molar-refractivity contribution in [2.24, 2.45) is 0 Å². The smallest absolute Gasteiger partial charge is 0.261 e. The largest absolute Gasteiger partial charge is 0.481 e. The quantitative estimate of drug-likeness (QED) is 0.702. The van der Waals surface area contributed by atoms with Crippen molar-refractivity contribution in [2.75, 3.05) is 18.0 Å². The second kappa shape index (κ2) is 10.0. The molecule has 0 aliphatic rings. The molecule has 1 atom stereocenters. The van der Waals surface area contributed by atoms with Crippen LogP contribution in [-0.2, 0) is 11.3 Å². The summed E-state index contributed by atoms with van der Waals surface area (Å²) in [4.78, 5) is 14.8. The molecule has 0 spiro atoms. The Bertz CT molecular complexity index is 716. The zero-order valence-electron chi connectivity index (χ0n) is 17.2. The molecule has 0 radical (unpaired) electrons. The standard InChI is InChI=1S/C23H32N2O2/c1-6-22(27-21-14-17(4)13-18(5)15-21)23(26)24-16-19-9-11-20(12-10-19)25(7-2)8-3/h9-15,22H,6-8,16H2,1-5H3,(H,24,26)/t22-/m0/s1. The molecule has 0 heterocycles. The van der Waals surface area contributed by atoms with Crippen molar-refractivity contribution in [2.45, 2.75) is 53.7 Å². The van der Waals surface area contributed by atoms with Gasteiger partial charge in [0.2, 0.25) is 0 Å². The maximum Gasteiger partial charge on any atom is 0.261 e. The lowest BCUT2D eigenvalue weighted by molar-refractivity contribution is -0.128. The molecule has 1 N–H and O–H groups in total. The highest BCUT2D eigenvalue weighted by Crippen LogP contribution is 2.19. The molecule has 146 valence electrons. The van der Waals surface area contributed by atoms with Crippen LogP contribution in [0.3, 0.4) is 0 Å². The summed E-state index contributed by atoms with van der Waals surface area (Å²) in [6.07, 6.45) is 0.140. The van der Waals surface area contributed by atoms with Gasteiger partial charge in [-0.05, 0) is 75.1 Å². The molecule has 0 aromatic heterocycles. The molecule has 0 fully saturated rings. The first-order chi connectivity index (χ1) is 13.0. The van der Waals surface area contributed by atoms with Crippen LogP contribution in [0.25, 0.3) is 0 Å². The van der Waals surface area contributed by atoms with Gasteiger partial charge in [0.05, 0.1) is 0 Å². The van der Waals surface area contributed by atoms with E-state index in [1.54, 1.807) is 0 Å². The van der Waals surface area contributed by atoms with E-state index in [1.165, 1.54) is 5.69 Å². The fourth-order valence-electron chi connectivity index (χ4n) is 3.20. The van der Waals surface area contributed by atoms with E-state index in [0.29, 0.717) is 13.0 Å². The SMILES string of the molecule is CC[C@H](Oc1cc(C)cc(C)c1)C(=O)NCc1ccc(N(CC)CC)cc1. The summed E-state index contributed by atoms with van der Waals surface area (Å²) in [5.41, 5.74) is 4.56. The number of carbonyl (C=O) groups excluding carboxylic acids is 1. The number of nitrogens with one attached hydrogen (secondary N) is 1. The zero-order valence-corrected chi connectivity index (χ0v) is 17.2. The Morgan fingerprint density at radius 2 is 1.59 bits per heavy atom. The molecule has 4 heteroatoms. The van der Waals surface area contributed by atoms with E-state index < -0.39 is 6.10 Å². The number of benzene rings is 2. The van der Waals surface area contributed by atoms with E-state index >= 15 is 0 Å². The molecule has 27 heavy (non-hydrogen) atoms. The van der Waals surface area contributed by atoms with Crippen molar-refractivity contribution in [3.8, 4) is 5.75 Å².